The standard InChI is InChI=1S/C23H25FN2O4S/c1-15-10-16(2)22-17(11-15)12-18(23(27)25-22)13-26(14-20-4-3-9-30-20)31(28,29)21-7-5-19(24)6-8-21/h5-8,10-12,20H,3-4,9,13-14H2,1-2H3,(H,25,27)/t20-/m0/s1. The van der Waals surface area contributed by atoms with Crippen molar-refractivity contribution in [1.29, 1.82) is 0 Å². The molecule has 164 valence electrons. The molecule has 0 amide bonds. The van der Waals surface area contributed by atoms with Gasteiger partial charge in [-0.3, -0.25) is 4.79 Å². The van der Waals surface area contributed by atoms with Gasteiger partial charge in [0.25, 0.3) is 5.56 Å². The van der Waals surface area contributed by atoms with Crippen LogP contribution in [0.4, 0.5) is 4.39 Å². The lowest BCUT2D eigenvalue weighted by molar-refractivity contribution is 0.0925. The predicted octanol–water partition coefficient (Wildman–Crippen LogP) is 3.65. The number of nitrogens with one attached hydrogen (secondary N) is 1. The van der Waals surface area contributed by atoms with E-state index in [-0.39, 0.29) is 29.6 Å². The Hall–Kier alpha value is -2.55. The minimum Gasteiger partial charge on any atom is -0.377 e. The molecule has 3 aromatic rings. The van der Waals surface area contributed by atoms with Crippen molar-refractivity contribution in [3.63, 3.8) is 0 Å². The molecule has 2 heterocycles. The molecule has 1 fully saturated rings. The largest absolute Gasteiger partial charge is 0.377 e. The van der Waals surface area contributed by atoms with Crippen LogP contribution in [0.25, 0.3) is 10.9 Å². The molecule has 8 heteroatoms. The number of aromatic nitrogens is 1. The number of nitrogens with zero attached hydrogens (tertiary/aromatic N) is 1. The van der Waals surface area contributed by atoms with E-state index in [1.54, 1.807) is 6.07 Å². The second-order valence-electron chi connectivity index (χ2n) is 8.06. The quantitative estimate of drug-likeness (QED) is 0.629. The van der Waals surface area contributed by atoms with Gasteiger partial charge >= 0.3 is 0 Å². The van der Waals surface area contributed by atoms with Gasteiger partial charge in [0.2, 0.25) is 10.0 Å². The Bertz CT molecular complexity index is 1260. The van der Waals surface area contributed by atoms with E-state index in [4.69, 9.17) is 4.74 Å². The first-order valence-corrected chi connectivity index (χ1v) is 11.7. The first-order chi connectivity index (χ1) is 14.7. The monoisotopic (exact) mass is 444 g/mol. The van der Waals surface area contributed by atoms with Crippen molar-refractivity contribution in [3.8, 4) is 0 Å². The van der Waals surface area contributed by atoms with Crippen molar-refractivity contribution < 1.29 is 17.5 Å². The van der Waals surface area contributed by atoms with Gasteiger partial charge in [-0.1, -0.05) is 11.6 Å². The minimum absolute atomic E-state index is 0.0178. The highest BCUT2D eigenvalue weighted by Crippen LogP contribution is 2.24. The Labute approximate surface area is 180 Å². The van der Waals surface area contributed by atoms with E-state index in [0.717, 1.165) is 47.0 Å². The molecule has 0 unspecified atom stereocenters. The molecule has 6 nitrogen and oxygen atoms in total. The van der Waals surface area contributed by atoms with E-state index in [1.807, 2.05) is 26.0 Å². The summed E-state index contributed by atoms with van der Waals surface area (Å²) in [6, 6.07) is 10.4. The summed E-state index contributed by atoms with van der Waals surface area (Å²) in [5.74, 6) is -0.513. The number of hydrogen-bond acceptors (Lipinski definition) is 4. The fourth-order valence-corrected chi connectivity index (χ4v) is 5.51. The molecule has 1 aliphatic heterocycles. The molecule has 1 saturated heterocycles. The van der Waals surface area contributed by atoms with Gasteiger partial charge in [0.05, 0.1) is 16.5 Å². The van der Waals surface area contributed by atoms with Gasteiger partial charge in [0.15, 0.2) is 0 Å². The predicted molar refractivity (Wildman–Crippen MR) is 117 cm³/mol. The molecule has 2 aromatic carbocycles. The Morgan fingerprint density at radius 2 is 1.90 bits per heavy atom. The van der Waals surface area contributed by atoms with Crippen molar-refractivity contribution in [2.75, 3.05) is 13.2 Å². The van der Waals surface area contributed by atoms with Crippen molar-refractivity contribution in [2.45, 2.75) is 44.2 Å². The number of sulfonamides is 1. The van der Waals surface area contributed by atoms with Crippen molar-refractivity contribution >= 4 is 20.9 Å². The first kappa shape index (κ1) is 21.7. The SMILES string of the molecule is Cc1cc(C)c2[nH]c(=O)c(CN(C[C@@H]3CCCO3)S(=O)(=O)c3ccc(F)cc3)cc2c1. The highest BCUT2D eigenvalue weighted by molar-refractivity contribution is 7.89. The van der Waals surface area contributed by atoms with E-state index >= 15 is 0 Å². The van der Waals surface area contributed by atoms with Crippen LogP contribution < -0.4 is 5.56 Å². The van der Waals surface area contributed by atoms with Gasteiger partial charge in [-0.2, -0.15) is 4.31 Å². The summed E-state index contributed by atoms with van der Waals surface area (Å²) in [6.07, 6.45) is 1.38. The summed E-state index contributed by atoms with van der Waals surface area (Å²) in [4.78, 5) is 15.7. The van der Waals surface area contributed by atoms with E-state index < -0.39 is 15.8 Å². The number of aromatic amines is 1. The van der Waals surface area contributed by atoms with Crippen LogP contribution in [0.1, 0.15) is 29.5 Å². The highest BCUT2D eigenvalue weighted by Gasteiger charge is 2.30. The van der Waals surface area contributed by atoms with Crippen LogP contribution in [0.5, 0.6) is 0 Å². The number of rotatable bonds is 6. The Morgan fingerprint density at radius 3 is 2.58 bits per heavy atom. The third-order valence-corrected chi connectivity index (χ3v) is 7.43. The number of aryl methyl sites for hydroxylation is 2. The molecule has 1 aromatic heterocycles. The normalized spacial score (nSPS) is 17.0. The first-order valence-electron chi connectivity index (χ1n) is 10.2. The molecule has 0 radical (unpaired) electrons. The van der Waals surface area contributed by atoms with Gasteiger partial charge in [0.1, 0.15) is 5.82 Å². The van der Waals surface area contributed by atoms with Crippen LogP contribution in [0.3, 0.4) is 0 Å². The van der Waals surface area contributed by atoms with Crippen LogP contribution in [0.2, 0.25) is 0 Å². The zero-order chi connectivity index (χ0) is 22.2. The lowest BCUT2D eigenvalue weighted by atomic mass is 10.1. The summed E-state index contributed by atoms with van der Waals surface area (Å²) < 4.78 is 47.0. The van der Waals surface area contributed by atoms with Gasteiger partial charge < -0.3 is 9.72 Å². The second kappa shape index (κ2) is 8.53. The van der Waals surface area contributed by atoms with Crippen molar-refractivity contribution in [1.82, 2.24) is 9.29 Å². The number of halogens is 1. The summed E-state index contributed by atoms with van der Waals surface area (Å²) in [5.41, 5.74) is 2.77. The maximum atomic E-state index is 13.4. The van der Waals surface area contributed by atoms with Crippen LogP contribution in [0.15, 0.2) is 52.2 Å². The Kier molecular flexibility index (Phi) is 5.96. The van der Waals surface area contributed by atoms with Crippen LogP contribution in [-0.4, -0.2) is 37.0 Å². The smallest absolute Gasteiger partial charge is 0.252 e. The number of hydrogen-bond donors (Lipinski definition) is 1. The average Bonchev–Trinajstić information content (AvgIpc) is 3.22. The van der Waals surface area contributed by atoms with E-state index in [0.29, 0.717) is 12.2 Å². The highest BCUT2D eigenvalue weighted by atomic mass is 32.2. The second-order valence-corrected chi connectivity index (χ2v) is 9.99. The maximum Gasteiger partial charge on any atom is 0.252 e. The number of H-pyrrole nitrogens is 1. The minimum atomic E-state index is -3.96. The number of ether oxygens (including phenoxy) is 1. The molecule has 0 spiro atoms. The molecular formula is C23H25FN2O4S. The molecule has 0 bridgehead atoms. The van der Waals surface area contributed by atoms with Crippen molar-refractivity contribution in [2.24, 2.45) is 0 Å². The lowest BCUT2D eigenvalue weighted by Crippen LogP contribution is -2.38. The molecule has 1 N–H and O–H groups in total. The van der Waals surface area contributed by atoms with Gasteiger partial charge in [-0.15, -0.1) is 0 Å². The molecule has 31 heavy (non-hydrogen) atoms. The van der Waals surface area contributed by atoms with E-state index in [1.165, 1.54) is 16.4 Å². The van der Waals surface area contributed by atoms with Gasteiger partial charge in [-0.25, -0.2) is 12.8 Å². The Morgan fingerprint density at radius 1 is 1.16 bits per heavy atom. The summed E-state index contributed by atoms with van der Waals surface area (Å²) in [6.45, 7) is 4.51. The molecule has 0 saturated carbocycles. The van der Waals surface area contributed by atoms with Crippen LogP contribution in [0, 0.1) is 19.7 Å². The third-order valence-electron chi connectivity index (χ3n) is 5.60. The fourth-order valence-electron chi connectivity index (χ4n) is 4.06. The van der Waals surface area contributed by atoms with Crippen LogP contribution in [-0.2, 0) is 21.3 Å². The zero-order valence-electron chi connectivity index (χ0n) is 17.5. The maximum absolute atomic E-state index is 13.4. The number of pyridine rings is 1. The number of benzene rings is 2. The summed E-state index contributed by atoms with van der Waals surface area (Å²) >= 11 is 0. The third kappa shape index (κ3) is 4.56. The molecule has 4 rings (SSSR count). The van der Waals surface area contributed by atoms with E-state index in [9.17, 15) is 17.6 Å². The summed E-state index contributed by atoms with van der Waals surface area (Å²) in [7, 11) is -3.96. The van der Waals surface area contributed by atoms with E-state index in [2.05, 4.69) is 4.98 Å². The van der Waals surface area contributed by atoms with Gasteiger partial charge in [-0.05, 0) is 74.0 Å². The van der Waals surface area contributed by atoms with Crippen LogP contribution >= 0.6 is 0 Å². The zero-order valence-corrected chi connectivity index (χ0v) is 18.3. The van der Waals surface area contributed by atoms with Crippen molar-refractivity contribution in [3.05, 3.63) is 75.3 Å². The molecule has 0 aliphatic carbocycles. The molecular weight excluding hydrogens is 419 g/mol. The lowest BCUT2D eigenvalue weighted by Gasteiger charge is -2.25. The summed E-state index contributed by atoms with van der Waals surface area (Å²) in [5, 5.41) is 0.850. The average molecular weight is 445 g/mol. The topological polar surface area (TPSA) is 79.5 Å². The van der Waals surface area contributed by atoms with Gasteiger partial charge in [0, 0.05) is 25.3 Å². The Balaban J connectivity index is 1.74. The fraction of sp³-hybridized carbons (Fsp3) is 0.348. The molecule has 1 atom stereocenters. The molecule has 1 aliphatic rings. The number of fused-ring (bicyclic) bond motifs is 1.